The predicted molar refractivity (Wildman–Crippen MR) is 80.6 cm³/mol. The van der Waals surface area contributed by atoms with Gasteiger partial charge in [-0.2, -0.15) is 4.31 Å². The molecule has 3 nitrogen and oxygen atoms in total. The maximum atomic E-state index is 12.8. The van der Waals surface area contributed by atoms with E-state index in [1.807, 2.05) is 13.8 Å². The molecule has 2 aliphatic rings. The summed E-state index contributed by atoms with van der Waals surface area (Å²) in [6, 6.07) is 6.55. The number of piperidine rings is 1. The molecule has 110 valence electrons. The molecule has 1 heterocycles. The summed E-state index contributed by atoms with van der Waals surface area (Å²) in [5.74, 6) is 0.0576. The fraction of sp³-hybridized carbons (Fsp3) is 0.571. The lowest BCUT2D eigenvalue weighted by molar-refractivity contribution is 0.258. The largest absolute Gasteiger partial charge is 0.243 e. The molecule has 0 aromatic heterocycles. The predicted octanol–water partition coefficient (Wildman–Crippen LogP) is 3.34. The summed E-state index contributed by atoms with van der Waals surface area (Å²) < 4.78 is 26.3. The molecule has 0 amide bonds. The summed E-state index contributed by atoms with van der Waals surface area (Å²) >= 11 is 12.5. The zero-order valence-corrected chi connectivity index (χ0v) is 13.7. The van der Waals surface area contributed by atoms with Crippen LogP contribution < -0.4 is 0 Å². The first-order valence-electron chi connectivity index (χ1n) is 6.74. The van der Waals surface area contributed by atoms with Gasteiger partial charge in [0.05, 0.1) is 10.9 Å². The third-order valence-corrected chi connectivity index (χ3v) is 7.38. The Balaban J connectivity index is 2.00. The Morgan fingerprint density at radius 3 is 2.40 bits per heavy atom. The van der Waals surface area contributed by atoms with Crippen LogP contribution in [0, 0.1) is 12.8 Å². The lowest BCUT2D eigenvalue weighted by atomic mass is 10.1. The van der Waals surface area contributed by atoms with Crippen molar-refractivity contribution in [1.29, 1.82) is 0 Å². The zero-order valence-electron chi connectivity index (χ0n) is 11.4. The second kappa shape index (κ2) is 4.60. The van der Waals surface area contributed by atoms with Crippen LogP contribution >= 0.6 is 23.2 Å². The Labute approximate surface area is 129 Å². The first-order valence-corrected chi connectivity index (χ1v) is 8.94. The molecular weight excluding hydrogens is 317 g/mol. The van der Waals surface area contributed by atoms with Crippen LogP contribution in [0.3, 0.4) is 0 Å². The fourth-order valence-electron chi connectivity index (χ4n) is 3.11. The third-order valence-electron chi connectivity index (χ3n) is 4.36. The van der Waals surface area contributed by atoms with Crippen molar-refractivity contribution in [2.75, 3.05) is 0 Å². The minimum atomic E-state index is -3.54. The van der Waals surface area contributed by atoms with Gasteiger partial charge in [-0.1, -0.05) is 40.9 Å². The number of sulfonamides is 1. The molecule has 1 aromatic carbocycles. The molecule has 1 saturated carbocycles. The van der Waals surface area contributed by atoms with Gasteiger partial charge in [-0.3, -0.25) is 0 Å². The second-order valence-corrected chi connectivity index (χ2v) is 9.09. The van der Waals surface area contributed by atoms with Crippen molar-refractivity contribution < 1.29 is 8.42 Å². The van der Waals surface area contributed by atoms with Gasteiger partial charge in [0.15, 0.2) is 0 Å². The summed E-state index contributed by atoms with van der Waals surface area (Å²) in [4.78, 5) is 0.312. The molecular formula is C14H17Cl2NO2S. The Bertz CT molecular complexity index is 627. The maximum absolute atomic E-state index is 12.8. The highest BCUT2D eigenvalue weighted by Gasteiger charge is 2.70. The third kappa shape index (κ3) is 2.08. The van der Waals surface area contributed by atoms with Gasteiger partial charge in [-0.25, -0.2) is 8.42 Å². The summed E-state index contributed by atoms with van der Waals surface area (Å²) in [7, 11) is -3.54. The van der Waals surface area contributed by atoms with Crippen LogP contribution in [0.5, 0.6) is 0 Å². The molecule has 2 fully saturated rings. The van der Waals surface area contributed by atoms with E-state index in [1.54, 1.807) is 24.3 Å². The van der Waals surface area contributed by atoms with E-state index < -0.39 is 14.4 Å². The molecule has 0 spiro atoms. The van der Waals surface area contributed by atoms with Crippen molar-refractivity contribution in [3.05, 3.63) is 29.8 Å². The van der Waals surface area contributed by atoms with Crippen LogP contribution in [0.1, 0.15) is 25.3 Å². The molecule has 1 aliphatic heterocycles. The summed E-state index contributed by atoms with van der Waals surface area (Å²) in [6.07, 6.45) is 1.69. The number of hydrogen-bond donors (Lipinski definition) is 0. The summed E-state index contributed by atoms with van der Waals surface area (Å²) in [5, 5.41) is 0. The average molecular weight is 334 g/mol. The molecule has 1 aromatic rings. The van der Waals surface area contributed by atoms with Crippen molar-refractivity contribution in [3.8, 4) is 0 Å². The van der Waals surface area contributed by atoms with Crippen molar-refractivity contribution in [2.45, 2.75) is 48.0 Å². The Morgan fingerprint density at radius 1 is 1.20 bits per heavy atom. The molecule has 6 heteroatoms. The molecule has 0 radical (unpaired) electrons. The highest BCUT2D eigenvalue weighted by atomic mass is 35.5. The highest BCUT2D eigenvalue weighted by molar-refractivity contribution is 7.89. The van der Waals surface area contributed by atoms with E-state index in [0.29, 0.717) is 4.90 Å². The normalized spacial score (nSPS) is 32.7. The van der Waals surface area contributed by atoms with E-state index >= 15 is 0 Å². The van der Waals surface area contributed by atoms with E-state index in [4.69, 9.17) is 23.2 Å². The van der Waals surface area contributed by atoms with Gasteiger partial charge >= 0.3 is 0 Å². The topological polar surface area (TPSA) is 37.4 Å². The first kappa shape index (κ1) is 14.6. The lowest BCUT2D eigenvalue weighted by Gasteiger charge is -2.32. The van der Waals surface area contributed by atoms with E-state index in [2.05, 4.69) is 0 Å². The molecule has 0 bridgehead atoms. The van der Waals surface area contributed by atoms with Crippen LogP contribution in [0.4, 0.5) is 0 Å². The molecule has 1 saturated heterocycles. The Kier molecular flexibility index (Phi) is 3.37. The van der Waals surface area contributed by atoms with Crippen LogP contribution in [0.2, 0.25) is 0 Å². The quantitative estimate of drug-likeness (QED) is 0.778. The van der Waals surface area contributed by atoms with Crippen molar-refractivity contribution >= 4 is 33.2 Å². The maximum Gasteiger partial charge on any atom is 0.243 e. The summed E-state index contributed by atoms with van der Waals surface area (Å²) in [6.45, 7) is 3.85. The monoisotopic (exact) mass is 333 g/mol. The SMILES string of the molecule is Cc1ccc(S(=O)(=O)N2[C@@H](C)CC[C@H]3[C@@H]2C3(Cl)Cl)cc1. The number of alkyl halides is 2. The van der Waals surface area contributed by atoms with Gasteiger partial charge in [-0.15, -0.1) is 0 Å². The number of fused-ring (bicyclic) bond motifs is 1. The average Bonchev–Trinajstić information content (AvgIpc) is 2.91. The van der Waals surface area contributed by atoms with Gasteiger partial charge in [0, 0.05) is 12.0 Å². The molecule has 20 heavy (non-hydrogen) atoms. The number of benzene rings is 1. The minimum Gasteiger partial charge on any atom is -0.207 e. The van der Waals surface area contributed by atoms with Gasteiger partial charge in [0.25, 0.3) is 0 Å². The second-order valence-electron chi connectivity index (χ2n) is 5.80. The van der Waals surface area contributed by atoms with E-state index in [9.17, 15) is 8.42 Å². The number of nitrogens with zero attached hydrogens (tertiary/aromatic N) is 1. The van der Waals surface area contributed by atoms with Crippen molar-refractivity contribution in [2.24, 2.45) is 5.92 Å². The van der Waals surface area contributed by atoms with E-state index in [0.717, 1.165) is 18.4 Å². The number of aryl methyl sites for hydroxylation is 1. The van der Waals surface area contributed by atoms with Gasteiger partial charge < -0.3 is 0 Å². The van der Waals surface area contributed by atoms with Crippen LogP contribution in [0.15, 0.2) is 29.2 Å². The van der Waals surface area contributed by atoms with Gasteiger partial charge in [0.2, 0.25) is 10.0 Å². The van der Waals surface area contributed by atoms with Crippen LogP contribution in [-0.2, 0) is 10.0 Å². The van der Waals surface area contributed by atoms with E-state index in [1.165, 1.54) is 4.31 Å². The van der Waals surface area contributed by atoms with Crippen LogP contribution in [-0.4, -0.2) is 29.1 Å². The smallest absolute Gasteiger partial charge is 0.207 e. The van der Waals surface area contributed by atoms with Crippen molar-refractivity contribution in [3.63, 3.8) is 0 Å². The molecule has 0 unspecified atom stereocenters. The molecule has 1 aliphatic carbocycles. The lowest BCUT2D eigenvalue weighted by Crippen LogP contribution is -2.44. The summed E-state index contributed by atoms with van der Waals surface area (Å²) in [5.41, 5.74) is 1.03. The van der Waals surface area contributed by atoms with Gasteiger partial charge in [0.1, 0.15) is 4.33 Å². The minimum absolute atomic E-state index is 0.0576. The van der Waals surface area contributed by atoms with Crippen molar-refractivity contribution in [1.82, 2.24) is 4.31 Å². The number of halogens is 2. The zero-order chi connectivity index (χ0) is 14.7. The van der Waals surface area contributed by atoms with Gasteiger partial charge in [-0.05, 0) is 38.8 Å². The number of hydrogen-bond acceptors (Lipinski definition) is 2. The highest BCUT2D eigenvalue weighted by Crippen LogP contribution is 2.62. The Morgan fingerprint density at radius 2 is 1.80 bits per heavy atom. The molecule has 3 atom stereocenters. The molecule has 0 N–H and O–H groups in total. The molecule has 3 rings (SSSR count). The fourth-order valence-corrected chi connectivity index (χ4v) is 5.99. The first-order chi connectivity index (χ1) is 9.26. The Hall–Kier alpha value is -0.290. The van der Waals surface area contributed by atoms with Crippen LogP contribution in [0.25, 0.3) is 0 Å². The standard InChI is InChI=1S/C14H17Cl2NO2S/c1-9-3-6-11(7-4-9)20(18,19)17-10(2)5-8-12-13(17)14(12,15)16/h3-4,6-7,10,12-13H,5,8H2,1-2H3/t10-,12-,13+/m0/s1. The number of rotatable bonds is 2. The van der Waals surface area contributed by atoms with E-state index in [-0.39, 0.29) is 18.0 Å².